The molecule has 29 heavy (non-hydrogen) atoms. The third-order valence-electron chi connectivity index (χ3n) is 6.60. The second-order valence-corrected chi connectivity index (χ2v) is 8.41. The molecular weight excluding hydrogens is 405 g/mol. The second-order valence-electron chi connectivity index (χ2n) is 8.41. The zero-order chi connectivity index (χ0) is 18.2. The Balaban J connectivity index is 0.00000120. The molecule has 3 fully saturated rings. The molecule has 1 N–H and O–H groups in total. The highest BCUT2D eigenvalue weighted by Crippen LogP contribution is 2.31. The van der Waals surface area contributed by atoms with E-state index in [9.17, 15) is 0 Å². The van der Waals surface area contributed by atoms with Gasteiger partial charge in [0.05, 0.1) is 0 Å². The highest BCUT2D eigenvalue weighted by Gasteiger charge is 2.39. The first-order valence-electron chi connectivity index (χ1n) is 10.4. The van der Waals surface area contributed by atoms with Crippen LogP contribution in [0.1, 0.15) is 18.5 Å². The van der Waals surface area contributed by atoms with Crippen LogP contribution in [0.15, 0.2) is 36.4 Å². The first kappa shape index (κ1) is 22.3. The van der Waals surface area contributed by atoms with E-state index in [0.717, 1.165) is 53.9 Å². The zero-order valence-corrected chi connectivity index (χ0v) is 18.6. The predicted octanol–water partition coefficient (Wildman–Crippen LogP) is 3.42. The van der Waals surface area contributed by atoms with E-state index in [4.69, 9.17) is 4.98 Å². The fourth-order valence-electron chi connectivity index (χ4n) is 5.08. The van der Waals surface area contributed by atoms with Gasteiger partial charge in [-0.1, -0.05) is 30.3 Å². The molecule has 0 amide bonds. The third kappa shape index (κ3) is 4.69. The summed E-state index contributed by atoms with van der Waals surface area (Å²) in [5.41, 5.74) is 2.13. The lowest BCUT2D eigenvalue weighted by atomic mass is 10.0. The lowest BCUT2D eigenvalue weighted by Gasteiger charge is -2.37. The molecule has 0 spiro atoms. The van der Waals surface area contributed by atoms with Gasteiger partial charge in [0.15, 0.2) is 5.82 Å². The maximum atomic E-state index is 4.89. The van der Waals surface area contributed by atoms with Crippen molar-refractivity contribution < 1.29 is 0 Å². The number of fused-ring (bicyclic) bond motifs is 1. The van der Waals surface area contributed by atoms with Gasteiger partial charge < -0.3 is 10.2 Å². The molecular formula is C22H31Cl2N5. The van der Waals surface area contributed by atoms with Gasteiger partial charge in [-0.15, -0.1) is 24.8 Å². The number of aryl methyl sites for hydroxylation is 1. The van der Waals surface area contributed by atoms with Crippen LogP contribution in [0.4, 0.5) is 5.82 Å². The highest BCUT2D eigenvalue weighted by atomic mass is 35.5. The number of likely N-dealkylation sites (tertiary alicyclic amines) is 1. The van der Waals surface area contributed by atoms with Crippen molar-refractivity contribution >= 4 is 30.6 Å². The van der Waals surface area contributed by atoms with E-state index in [1.807, 2.05) is 18.2 Å². The van der Waals surface area contributed by atoms with Gasteiger partial charge in [0, 0.05) is 49.5 Å². The van der Waals surface area contributed by atoms with E-state index in [-0.39, 0.29) is 24.8 Å². The van der Waals surface area contributed by atoms with Crippen LogP contribution in [0.5, 0.6) is 0 Å². The molecule has 4 heterocycles. The van der Waals surface area contributed by atoms with Crippen molar-refractivity contribution in [3.8, 4) is 11.4 Å². The number of aromatic nitrogens is 2. The van der Waals surface area contributed by atoms with E-state index in [0.29, 0.717) is 0 Å². The van der Waals surface area contributed by atoms with Crippen LogP contribution in [-0.4, -0.2) is 60.2 Å². The average molecular weight is 436 g/mol. The first-order chi connectivity index (χ1) is 13.3. The van der Waals surface area contributed by atoms with Crippen LogP contribution >= 0.6 is 24.8 Å². The lowest BCUT2D eigenvalue weighted by molar-refractivity contribution is 0.194. The Labute approximate surface area is 186 Å². The van der Waals surface area contributed by atoms with Gasteiger partial charge in [-0.05, 0) is 44.7 Å². The van der Waals surface area contributed by atoms with Gasteiger partial charge in [-0.3, -0.25) is 4.90 Å². The van der Waals surface area contributed by atoms with Crippen LogP contribution in [0.3, 0.4) is 0 Å². The predicted molar refractivity (Wildman–Crippen MR) is 123 cm³/mol. The number of piperidine rings is 1. The number of hydrogen-bond acceptors (Lipinski definition) is 5. The second kappa shape index (κ2) is 9.61. The summed E-state index contributed by atoms with van der Waals surface area (Å²) in [6.07, 6.45) is 2.49. The zero-order valence-electron chi connectivity index (χ0n) is 17.0. The van der Waals surface area contributed by atoms with Gasteiger partial charge in [-0.25, -0.2) is 9.97 Å². The van der Waals surface area contributed by atoms with Crippen molar-refractivity contribution in [2.75, 3.05) is 44.2 Å². The Kier molecular flexibility index (Phi) is 7.38. The van der Waals surface area contributed by atoms with E-state index >= 15 is 0 Å². The molecule has 158 valence electrons. The normalized spacial score (nSPS) is 24.7. The molecule has 1 aromatic carbocycles. The standard InChI is InChI=1S/C22H29N5.2ClH/c1-16-11-21(25-22(24-16)17-5-3-2-4-6-17)26-9-7-20(8-10-26)27-14-18-12-23-13-19(18)15-27;;/h2-6,11,18-20,23H,7-10,12-15H2,1H3;2*1H/t18-,19+;;. The number of rotatable bonds is 3. The van der Waals surface area contributed by atoms with E-state index in [1.54, 1.807) is 0 Å². The molecule has 7 heteroatoms. The van der Waals surface area contributed by atoms with Gasteiger partial charge >= 0.3 is 0 Å². The number of anilines is 1. The lowest BCUT2D eigenvalue weighted by Crippen LogP contribution is -2.45. The van der Waals surface area contributed by atoms with E-state index in [2.05, 4.69) is 45.2 Å². The van der Waals surface area contributed by atoms with Crippen molar-refractivity contribution in [2.45, 2.75) is 25.8 Å². The van der Waals surface area contributed by atoms with Crippen molar-refractivity contribution in [1.82, 2.24) is 20.2 Å². The minimum Gasteiger partial charge on any atom is -0.356 e. The van der Waals surface area contributed by atoms with Crippen molar-refractivity contribution in [1.29, 1.82) is 0 Å². The average Bonchev–Trinajstić information content (AvgIpc) is 3.31. The topological polar surface area (TPSA) is 44.3 Å². The van der Waals surface area contributed by atoms with Crippen LogP contribution in [0.25, 0.3) is 11.4 Å². The Hall–Kier alpha value is -1.40. The largest absolute Gasteiger partial charge is 0.356 e. The summed E-state index contributed by atoms with van der Waals surface area (Å²) in [6.45, 7) is 9.31. The van der Waals surface area contributed by atoms with Crippen LogP contribution < -0.4 is 10.2 Å². The van der Waals surface area contributed by atoms with E-state index in [1.165, 1.54) is 39.0 Å². The summed E-state index contributed by atoms with van der Waals surface area (Å²) < 4.78 is 0. The molecule has 0 aliphatic carbocycles. The summed E-state index contributed by atoms with van der Waals surface area (Å²) in [7, 11) is 0. The Morgan fingerprint density at radius 3 is 2.24 bits per heavy atom. The van der Waals surface area contributed by atoms with Gasteiger partial charge in [0.2, 0.25) is 0 Å². The number of halogens is 2. The molecule has 0 saturated carbocycles. The maximum Gasteiger partial charge on any atom is 0.161 e. The fraction of sp³-hybridized carbons (Fsp3) is 0.545. The summed E-state index contributed by atoms with van der Waals surface area (Å²) >= 11 is 0. The molecule has 2 aromatic rings. The molecule has 5 rings (SSSR count). The summed E-state index contributed by atoms with van der Waals surface area (Å²) in [4.78, 5) is 14.8. The molecule has 0 bridgehead atoms. The quantitative estimate of drug-likeness (QED) is 0.799. The summed E-state index contributed by atoms with van der Waals surface area (Å²) in [5.74, 6) is 3.71. The summed E-state index contributed by atoms with van der Waals surface area (Å²) in [5, 5.41) is 3.55. The SMILES string of the molecule is Cc1cc(N2CCC(N3C[C@H]4CNC[C@H]4C3)CC2)nc(-c2ccccc2)n1.Cl.Cl. The number of nitrogens with one attached hydrogen (secondary N) is 1. The molecule has 0 radical (unpaired) electrons. The number of hydrogen-bond donors (Lipinski definition) is 1. The number of nitrogens with zero attached hydrogens (tertiary/aromatic N) is 4. The van der Waals surface area contributed by atoms with Gasteiger partial charge in [0.25, 0.3) is 0 Å². The molecule has 1 aromatic heterocycles. The summed E-state index contributed by atoms with van der Waals surface area (Å²) in [6, 6.07) is 13.2. The van der Waals surface area contributed by atoms with Crippen molar-refractivity contribution in [3.63, 3.8) is 0 Å². The van der Waals surface area contributed by atoms with Crippen LogP contribution in [0.2, 0.25) is 0 Å². The Morgan fingerprint density at radius 1 is 0.931 bits per heavy atom. The fourth-order valence-corrected chi connectivity index (χ4v) is 5.08. The molecule has 3 saturated heterocycles. The minimum absolute atomic E-state index is 0. The van der Waals surface area contributed by atoms with Crippen molar-refractivity contribution in [3.05, 3.63) is 42.1 Å². The first-order valence-corrected chi connectivity index (χ1v) is 10.4. The molecule has 3 aliphatic heterocycles. The Bertz CT molecular complexity index is 783. The van der Waals surface area contributed by atoms with Gasteiger partial charge in [0.1, 0.15) is 5.82 Å². The number of benzene rings is 1. The van der Waals surface area contributed by atoms with Gasteiger partial charge in [-0.2, -0.15) is 0 Å². The molecule has 3 aliphatic rings. The molecule has 2 atom stereocenters. The van der Waals surface area contributed by atoms with Crippen LogP contribution in [-0.2, 0) is 0 Å². The van der Waals surface area contributed by atoms with Crippen molar-refractivity contribution in [2.24, 2.45) is 11.8 Å². The third-order valence-corrected chi connectivity index (χ3v) is 6.60. The van der Waals surface area contributed by atoms with E-state index < -0.39 is 0 Å². The Morgan fingerprint density at radius 2 is 1.59 bits per heavy atom. The molecule has 5 nitrogen and oxygen atoms in total. The van der Waals surface area contributed by atoms with Crippen LogP contribution in [0, 0.1) is 18.8 Å². The minimum atomic E-state index is 0. The smallest absolute Gasteiger partial charge is 0.161 e. The molecule has 0 unspecified atom stereocenters. The maximum absolute atomic E-state index is 4.89. The highest BCUT2D eigenvalue weighted by molar-refractivity contribution is 5.85. The monoisotopic (exact) mass is 435 g/mol.